The third-order valence-electron chi connectivity index (χ3n) is 2.84. The van der Waals surface area contributed by atoms with Crippen LogP contribution in [-0.2, 0) is 0 Å². The number of nitrogens with zero attached hydrogens (tertiary/aromatic N) is 1. The van der Waals surface area contributed by atoms with Crippen LogP contribution >= 0.6 is 15.9 Å². The van der Waals surface area contributed by atoms with Gasteiger partial charge in [0, 0.05) is 22.4 Å². The van der Waals surface area contributed by atoms with Crippen molar-refractivity contribution in [3.05, 3.63) is 63.4 Å². The van der Waals surface area contributed by atoms with Gasteiger partial charge in [-0.2, -0.15) is 0 Å². The first kappa shape index (κ1) is 14.0. The molecule has 6 heteroatoms. The summed E-state index contributed by atoms with van der Waals surface area (Å²) in [5.41, 5.74) is 3.52. The van der Waals surface area contributed by atoms with Gasteiger partial charge < -0.3 is 0 Å². The summed E-state index contributed by atoms with van der Waals surface area (Å²) >= 11 is 3.28. The Morgan fingerprint density at radius 2 is 2.00 bits per heavy atom. The lowest BCUT2D eigenvalue weighted by atomic mass is 9.99. The number of halogens is 3. The molecule has 1 atom stereocenters. The van der Waals surface area contributed by atoms with Crippen molar-refractivity contribution in [3.63, 3.8) is 0 Å². The topological polar surface area (TPSA) is 50.9 Å². The van der Waals surface area contributed by atoms with Crippen LogP contribution in [0.1, 0.15) is 22.7 Å². The number of hydrogen-bond acceptors (Lipinski definition) is 3. The molecule has 3 N–H and O–H groups in total. The summed E-state index contributed by atoms with van der Waals surface area (Å²) < 4.78 is 28.3. The molecule has 2 aromatic rings. The smallest absolute Gasteiger partial charge is 0.164 e. The van der Waals surface area contributed by atoms with Crippen LogP contribution < -0.4 is 11.3 Å². The van der Waals surface area contributed by atoms with E-state index >= 15 is 0 Å². The van der Waals surface area contributed by atoms with Gasteiger partial charge in [0.25, 0.3) is 0 Å². The van der Waals surface area contributed by atoms with Crippen LogP contribution in [-0.4, -0.2) is 4.98 Å². The van der Waals surface area contributed by atoms with Gasteiger partial charge in [-0.15, -0.1) is 0 Å². The van der Waals surface area contributed by atoms with E-state index in [9.17, 15) is 8.78 Å². The van der Waals surface area contributed by atoms with Gasteiger partial charge in [-0.05, 0) is 40.0 Å². The lowest BCUT2D eigenvalue weighted by Crippen LogP contribution is -2.30. The summed E-state index contributed by atoms with van der Waals surface area (Å²) in [5.74, 6) is 3.70. The molecule has 0 aliphatic heterocycles. The Balaban J connectivity index is 2.51. The van der Waals surface area contributed by atoms with E-state index in [0.717, 1.165) is 4.47 Å². The molecule has 2 rings (SSSR count). The van der Waals surface area contributed by atoms with E-state index in [-0.39, 0.29) is 11.1 Å². The lowest BCUT2D eigenvalue weighted by molar-refractivity contribution is 0.478. The van der Waals surface area contributed by atoms with Crippen LogP contribution in [0.15, 0.2) is 35.1 Å². The second kappa shape index (κ2) is 5.73. The number of aryl methyl sites for hydroxylation is 1. The predicted molar refractivity (Wildman–Crippen MR) is 72.2 cm³/mol. The highest BCUT2D eigenvalue weighted by atomic mass is 79.9. The zero-order valence-electron chi connectivity index (χ0n) is 10.1. The number of hydrogen-bond donors (Lipinski definition) is 2. The number of aromatic nitrogens is 1. The molecule has 0 bridgehead atoms. The van der Waals surface area contributed by atoms with Crippen molar-refractivity contribution in [1.29, 1.82) is 0 Å². The van der Waals surface area contributed by atoms with Gasteiger partial charge in [-0.3, -0.25) is 10.8 Å². The van der Waals surface area contributed by atoms with E-state index in [1.54, 1.807) is 18.5 Å². The van der Waals surface area contributed by atoms with Gasteiger partial charge in [0.2, 0.25) is 0 Å². The molecule has 0 aliphatic carbocycles. The van der Waals surface area contributed by atoms with Gasteiger partial charge in [-0.25, -0.2) is 14.2 Å². The maximum absolute atomic E-state index is 14.0. The van der Waals surface area contributed by atoms with Gasteiger partial charge >= 0.3 is 0 Å². The summed E-state index contributed by atoms with van der Waals surface area (Å²) in [6, 6.07) is 4.11. The molecule has 0 radical (unpaired) electrons. The normalized spacial score (nSPS) is 12.5. The first-order valence-corrected chi connectivity index (χ1v) is 6.35. The molecule has 0 saturated heterocycles. The minimum absolute atomic E-state index is 0.144. The number of pyridine rings is 1. The summed E-state index contributed by atoms with van der Waals surface area (Å²) in [5, 5.41) is 0. The number of rotatable bonds is 3. The maximum Gasteiger partial charge on any atom is 0.164 e. The Labute approximate surface area is 117 Å². The minimum atomic E-state index is -0.900. The van der Waals surface area contributed by atoms with Gasteiger partial charge in [0.05, 0.1) is 6.04 Å². The largest absolute Gasteiger partial charge is 0.271 e. The van der Waals surface area contributed by atoms with E-state index in [1.165, 1.54) is 19.1 Å². The van der Waals surface area contributed by atoms with Crippen LogP contribution in [0, 0.1) is 18.6 Å². The molecular weight excluding hydrogens is 316 g/mol. The fourth-order valence-electron chi connectivity index (χ4n) is 1.84. The molecule has 1 aromatic carbocycles. The Hall–Kier alpha value is -1.37. The number of nitrogens with one attached hydrogen (secondary N) is 1. The molecular formula is C13H12BrF2N3. The maximum atomic E-state index is 14.0. The van der Waals surface area contributed by atoms with E-state index in [4.69, 9.17) is 5.84 Å². The molecule has 1 unspecified atom stereocenters. The molecule has 1 heterocycles. The molecule has 19 heavy (non-hydrogen) atoms. The van der Waals surface area contributed by atoms with Gasteiger partial charge in [-0.1, -0.05) is 12.1 Å². The van der Waals surface area contributed by atoms with Crippen LogP contribution in [0.3, 0.4) is 0 Å². The first-order valence-electron chi connectivity index (χ1n) is 5.55. The fraction of sp³-hybridized carbons (Fsp3) is 0.154. The van der Waals surface area contributed by atoms with Crippen LogP contribution in [0.4, 0.5) is 8.78 Å². The summed E-state index contributed by atoms with van der Waals surface area (Å²) in [6.07, 6.45) is 3.15. The van der Waals surface area contributed by atoms with Gasteiger partial charge in [0.1, 0.15) is 0 Å². The van der Waals surface area contributed by atoms with E-state index < -0.39 is 17.7 Å². The van der Waals surface area contributed by atoms with Crippen molar-refractivity contribution < 1.29 is 8.78 Å². The zero-order valence-corrected chi connectivity index (χ0v) is 11.7. The highest BCUT2D eigenvalue weighted by Gasteiger charge is 2.20. The third-order valence-corrected chi connectivity index (χ3v) is 3.28. The van der Waals surface area contributed by atoms with Crippen LogP contribution in [0.2, 0.25) is 0 Å². The van der Waals surface area contributed by atoms with E-state index in [1.807, 2.05) is 0 Å². The summed E-state index contributed by atoms with van der Waals surface area (Å²) in [4.78, 5) is 3.99. The van der Waals surface area contributed by atoms with E-state index in [2.05, 4.69) is 26.3 Å². The Kier molecular flexibility index (Phi) is 4.24. The van der Waals surface area contributed by atoms with Crippen LogP contribution in [0.5, 0.6) is 0 Å². The number of benzene rings is 1. The van der Waals surface area contributed by atoms with Crippen molar-refractivity contribution in [2.45, 2.75) is 13.0 Å². The lowest BCUT2D eigenvalue weighted by Gasteiger charge is -2.18. The molecule has 0 amide bonds. The summed E-state index contributed by atoms with van der Waals surface area (Å²) in [7, 11) is 0. The molecule has 0 aliphatic rings. The van der Waals surface area contributed by atoms with Crippen molar-refractivity contribution in [1.82, 2.24) is 10.4 Å². The first-order chi connectivity index (χ1) is 9.04. The highest BCUT2D eigenvalue weighted by Crippen LogP contribution is 2.27. The number of hydrazine groups is 1. The Morgan fingerprint density at radius 1 is 1.26 bits per heavy atom. The van der Waals surface area contributed by atoms with E-state index in [0.29, 0.717) is 5.56 Å². The Morgan fingerprint density at radius 3 is 2.63 bits per heavy atom. The molecule has 0 saturated carbocycles. The monoisotopic (exact) mass is 327 g/mol. The molecule has 0 fully saturated rings. The zero-order chi connectivity index (χ0) is 14.0. The quantitative estimate of drug-likeness (QED) is 0.673. The Bertz CT molecular complexity index is 604. The number of nitrogens with two attached hydrogens (primary N) is 1. The van der Waals surface area contributed by atoms with Gasteiger partial charge in [0.15, 0.2) is 11.6 Å². The second-order valence-electron chi connectivity index (χ2n) is 4.14. The SMILES string of the molecule is Cc1ccc(C(NN)c2cncc(Br)c2)c(F)c1F. The molecule has 100 valence electrons. The molecule has 0 spiro atoms. The average Bonchev–Trinajstić information content (AvgIpc) is 2.40. The van der Waals surface area contributed by atoms with Crippen molar-refractivity contribution in [2.75, 3.05) is 0 Å². The minimum Gasteiger partial charge on any atom is -0.271 e. The highest BCUT2D eigenvalue weighted by molar-refractivity contribution is 9.10. The van der Waals surface area contributed by atoms with Crippen molar-refractivity contribution in [2.24, 2.45) is 5.84 Å². The van der Waals surface area contributed by atoms with Crippen molar-refractivity contribution in [3.8, 4) is 0 Å². The van der Waals surface area contributed by atoms with Crippen LogP contribution in [0.25, 0.3) is 0 Å². The average molecular weight is 328 g/mol. The fourth-order valence-corrected chi connectivity index (χ4v) is 2.22. The predicted octanol–water partition coefficient (Wildman–Crippen LogP) is 2.98. The second-order valence-corrected chi connectivity index (χ2v) is 5.05. The van der Waals surface area contributed by atoms with Crippen molar-refractivity contribution >= 4 is 15.9 Å². The summed E-state index contributed by atoms with van der Waals surface area (Å²) in [6.45, 7) is 1.51. The molecule has 1 aromatic heterocycles. The molecule has 3 nitrogen and oxygen atoms in total. The standard InChI is InChI=1S/C13H12BrF2N3/c1-7-2-3-10(12(16)11(7)15)13(19-17)8-4-9(14)6-18-5-8/h2-6,13,19H,17H2,1H3. The third kappa shape index (κ3) is 2.80.